The number of hydrogen-bond donors (Lipinski definition) is 0. The van der Waals surface area contributed by atoms with Crippen molar-refractivity contribution >= 4 is 0 Å². The van der Waals surface area contributed by atoms with Crippen LogP contribution in [-0.4, -0.2) is 6.61 Å². The van der Waals surface area contributed by atoms with Gasteiger partial charge in [0.25, 0.3) is 0 Å². The van der Waals surface area contributed by atoms with Crippen molar-refractivity contribution in [1.82, 2.24) is 0 Å². The highest BCUT2D eigenvalue weighted by molar-refractivity contribution is 5.40. The van der Waals surface area contributed by atoms with Crippen molar-refractivity contribution in [2.75, 3.05) is 6.61 Å². The lowest BCUT2D eigenvalue weighted by Gasteiger charge is -2.39. The average Bonchev–Trinajstić information content (AvgIpc) is 2.48. The average molecular weight is 246 g/mol. The Balaban J connectivity index is 2.13. The zero-order chi connectivity index (χ0) is 13.1. The highest BCUT2D eigenvalue weighted by Crippen LogP contribution is 2.63. The minimum atomic E-state index is 0.337. The van der Waals surface area contributed by atoms with E-state index in [0.717, 1.165) is 12.5 Å². The predicted molar refractivity (Wildman–Crippen MR) is 75.1 cm³/mol. The second-order valence-electron chi connectivity index (χ2n) is 7.54. The third-order valence-corrected chi connectivity index (χ3v) is 6.26. The molecule has 3 unspecified atom stereocenters. The van der Waals surface area contributed by atoms with Crippen molar-refractivity contribution in [3.05, 3.63) is 23.5 Å². The van der Waals surface area contributed by atoms with Crippen LogP contribution in [0.2, 0.25) is 0 Å². The molecule has 1 heterocycles. The highest BCUT2D eigenvalue weighted by atomic mass is 16.5. The first-order chi connectivity index (χ1) is 8.37. The van der Waals surface area contributed by atoms with Crippen LogP contribution in [0, 0.1) is 28.6 Å². The maximum absolute atomic E-state index is 5.53. The molecule has 0 amide bonds. The van der Waals surface area contributed by atoms with E-state index < -0.39 is 0 Å². The van der Waals surface area contributed by atoms with Crippen molar-refractivity contribution in [2.45, 2.75) is 47.5 Å². The van der Waals surface area contributed by atoms with Crippen molar-refractivity contribution < 1.29 is 4.74 Å². The lowest BCUT2D eigenvalue weighted by atomic mass is 9.67. The summed E-state index contributed by atoms with van der Waals surface area (Å²) in [6, 6.07) is 0. The van der Waals surface area contributed by atoms with E-state index >= 15 is 0 Å². The van der Waals surface area contributed by atoms with Crippen LogP contribution in [0.3, 0.4) is 0 Å². The van der Waals surface area contributed by atoms with Gasteiger partial charge in [0.15, 0.2) is 0 Å². The second-order valence-corrected chi connectivity index (χ2v) is 7.54. The fourth-order valence-corrected chi connectivity index (χ4v) is 4.72. The summed E-state index contributed by atoms with van der Waals surface area (Å²) in [6.45, 7) is 13.2. The van der Waals surface area contributed by atoms with Gasteiger partial charge in [-0.1, -0.05) is 45.8 Å². The molecule has 3 rings (SSSR count). The van der Waals surface area contributed by atoms with Crippen LogP contribution < -0.4 is 0 Å². The summed E-state index contributed by atoms with van der Waals surface area (Å²) in [6.07, 6.45) is 6.84. The summed E-state index contributed by atoms with van der Waals surface area (Å²) >= 11 is 0. The van der Waals surface area contributed by atoms with Gasteiger partial charge in [-0.2, -0.15) is 0 Å². The largest absolute Gasteiger partial charge is 0.501 e. The predicted octanol–water partition coefficient (Wildman–Crippen LogP) is 4.56. The molecule has 0 aromatic carbocycles. The highest BCUT2D eigenvalue weighted by Gasteiger charge is 2.54. The molecule has 0 saturated carbocycles. The molecule has 1 heteroatoms. The van der Waals surface area contributed by atoms with Crippen LogP contribution in [0.25, 0.3) is 0 Å². The van der Waals surface area contributed by atoms with Crippen LogP contribution in [0.5, 0.6) is 0 Å². The first kappa shape index (κ1) is 12.3. The van der Waals surface area contributed by atoms with Gasteiger partial charge in [0, 0.05) is 11.8 Å². The van der Waals surface area contributed by atoms with Crippen LogP contribution in [-0.2, 0) is 4.74 Å². The van der Waals surface area contributed by atoms with Crippen LogP contribution in [0.4, 0.5) is 0 Å². The van der Waals surface area contributed by atoms with Crippen molar-refractivity contribution in [2.24, 2.45) is 28.6 Å². The second kappa shape index (κ2) is 3.65. The molecule has 0 saturated heterocycles. The van der Waals surface area contributed by atoms with E-state index in [1.165, 1.54) is 12.8 Å². The molecule has 0 spiro atoms. The SMILES string of the molecule is CC1C(C)(C)C2=C(C3C=COCC3CC2)C1(C)C. The number of rotatable bonds is 0. The molecule has 3 aliphatic rings. The van der Waals surface area contributed by atoms with Gasteiger partial charge >= 0.3 is 0 Å². The van der Waals surface area contributed by atoms with E-state index in [4.69, 9.17) is 4.74 Å². The number of fused-ring (bicyclic) bond motifs is 2. The van der Waals surface area contributed by atoms with Gasteiger partial charge in [0.2, 0.25) is 0 Å². The Bertz CT molecular complexity index is 425. The Hall–Kier alpha value is -0.720. The summed E-state index contributed by atoms with van der Waals surface area (Å²) in [5, 5.41) is 0. The maximum Gasteiger partial charge on any atom is 0.0910 e. The molecule has 0 aromatic rings. The Morgan fingerprint density at radius 2 is 1.89 bits per heavy atom. The monoisotopic (exact) mass is 246 g/mol. The van der Waals surface area contributed by atoms with E-state index in [-0.39, 0.29) is 0 Å². The minimum Gasteiger partial charge on any atom is -0.501 e. The molecule has 100 valence electrons. The summed E-state index contributed by atoms with van der Waals surface area (Å²) < 4.78 is 5.53. The fourth-order valence-electron chi connectivity index (χ4n) is 4.72. The molecule has 0 bridgehead atoms. The third kappa shape index (κ3) is 1.39. The van der Waals surface area contributed by atoms with Crippen molar-refractivity contribution in [3.63, 3.8) is 0 Å². The number of hydrogen-bond acceptors (Lipinski definition) is 1. The number of ether oxygens (including phenoxy) is 1. The van der Waals surface area contributed by atoms with Gasteiger partial charge in [0.1, 0.15) is 0 Å². The first-order valence-electron chi connectivity index (χ1n) is 7.39. The fraction of sp³-hybridized carbons (Fsp3) is 0.765. The summed E-state index contributed by atoms with van der Waals surface area (Å²) in [5.74, 6) is 2.08. The lowest BCUT2D eigenvalue weighted by molar-refractivity contribution is 0.132. The molecular formula is C17H26O. The van der Waals surface area contributed by atoms with Gasteiger partial charge in [-0.15, -0.1) is 0 Å². The van der Waals surface area contributed by atoms with E-state index in [9.17, 15) is 0 Å². The van der Waals surface area contributed by atoms with Gasteiger partial charge in [-0.05, 0) is 35.7 Å². The molecule has 18 heavy (non-hydrogen) atoms. The standard InChI is InChI=1S/C17H26O/c1-11-16(2,3)14-7-6-12-10-18-9-8-13(12)15(14)17(11,4)5/h8-9,11-13H,6-7,10H2,1-5H3. The Morgan fingerprint density at radius 3 is 2.61 bits per heavy atom. The molecule has 0 fully saturated rings. The zero-order valence-electron chi connectivity index (χ0n) is 12.4. The summed E-state index contributed by atoms with van der Waals surface area (Å²) in [5.41, 5.74) is 4.21. The molecular weight excluding hydrogens is 220 g/mol. The van der Waals surface area contributed by atoms with Crippen LogP contribution in [0.1, 0.15) is 47.5 Å². The summed E-state index contributed by atoms with van der Waals surface area (Å²) in [7, 11) is 0. The van der Waals surface area contributed by atoms with E-state index in [1.54, 1.807) is 11.1 Å². The quantitative estimate of drug-likeness (QED) is 0.569. The normalized spacial score (nSPS) is 40.2. The van der Waals surface area contributed by atoms with Crippen LogP contribution >= 0.6 is 0 Å². The number of allylic oxidation sites excluding steroid dienone is 3. The molecule has 3 atom stereocenters. The molecule has 0 radical (unpaired) electrons. The van der Waals surface area contributed by atoms with E-state index in [2.05, 4.69) is 40.7 Å². The molecule has 1 aliphatic heterocycles. The van der Waals surface area contributed by atoms with Gasteiger partial charge in [0.05, 0.1) is 12.9 Å². The van der Waals surface area contributed by atoms with Gasteiger partial charge in [-0.3, -0.25) is 0 Å². The molecule has 0 N–H and O–H groups in total. The van der Waals surface area contributed by atoms with E-state index in [1.807, 2.05) is 6.26 Å². The van der Waals surface area contributed by atoms with E-state index in [0.29, 0.717) is 22.7 Å². The van der Waals surface area contributed by atoms with Gasteiger partial charge in [-0.25, -0.2) is 0 Å². The summed E-state index contributed by atoms with van der Waals surface area (Å²) in [4.78, 5) is 0. The Labute approximate surface area is 111 Å². The molecule has 2 aliphatic carbocycles. The lowest BCUT2D eigenvalue weighted by Crippen LogP contribution is -2.32. The third-order valence-electron chi connectivity index (χ3n) is 6.26. The van der Waals surface area contributed by atoms with Crippen molar-refractivity contribution in [1.29, 1.82) is 0 Å². The smallest absolute Gasteiger partial charge is 0.0910 e. The zero-order valence-corrected chi connectivity index (χ0v) is 12.4. The van der Waals surface area contributed by atoms with Crippen LogP contribution in [0.15, 0.2) is 23.5 Å². The Morgan fingerprint density at radius 1 is 1.17 bits per heavy atom. The topological polar surface area (TPSA) is 9.23 Å². The Kier molecular flexibility index (Phi) is 2.50. The molecule has 1 nitrogen and oxygen atoms in total. The first-order valence-corrected chi connectivity index (χ1v) is 7.39. The van der Waals surface area contributed by atoms with Crippen molar-refractivity contribution in [3.8, 4) is 0 Å². The maximum atomic E-state index is 5.53. The minimum absolute atomic E-state index is 0.337. The van der Waals surface area contributed by atoms with Gasteiger partial charge < -0.3 is 4.74 Å². The molecule has 0 aromatic heterocycles.